The fraction of sp³-hybridized carbons (Fsp3) is 0.158. The minimum absolute atomic E-state index is 0.340. The lowest BCUT2D eigenvalue weighted by atomic mass is 10.2. The Kier molecular flexibility index (Phi) is 4.31. The van der Waals surface area contributed by atoms with Gasteiger partial charge in [0.15, 0.2) is 0 Å². The van der Waals surface area contributed by atoms with Crippen molar-refractivity contribution in [1.82, 2.24) is 24.5 Å². The van der Waals surface area contributed by atoms with Gasteiger partial charge in [-0.2, -0.15) is 0 Å². The van der Waals surface area contributed by atoms with Crippen LogP contribution in [0.2, 0.25) is 0 Å². The van der Waals surface area contributed by atoms with Crippen LogP contribution < -0.4 is 0 Å². The van der Waals surface area contributed by atoms with Gasteiger partial charge in [0.25, 0.3) is 0 Å². The Bertz CT molecular complexity index is 1060. The number of benzene rings is 1. The highest BCUT2D eigenvalue weighted by Crippen LogP contribution is 2.22. The number of nitrogens with zero attached hydrogens (tertiary/aromatic N) is 5. The van der Waals surface area contributed by atoms with Gasteiger partial charge in [-0.25, -0.2) is 15.0 Å². The number of pyridine rings is 1. The molecule has 0 atom stereocenters. The first kappa shape index (κ1) is 15.2. The lowest BCUT2D eigenvalue weighted by Crippen LogP contribution is -2.05. The Hall–Kier alpha value is -3.30. The summed E-state index contributed by atoms with van der Waals surface area (Å²) in [5.41, 5.74) is 2.93. The fourth-order valence-corrected chi connectivity index (χ4v) is 2.64. The molecular weight excluding hydrogens is 314 g/mol. The quantitative estimate of drug-likeness (QED) is 0.425. The van der Waals surface area contributed by atoms with Crippen LogP contribution in [-0.2, 0) is 11.3 Å². The van der Waals surface area contributed by atoms with E-state index < -0.39 is 0 Å². The molecule has 25 heavy (non-hydrogen) atoms. The Morgan fingerprint density at radius 3 is 2.76 bits per heavy atom. The van der Waals surface area contributed by atoms with Gasteiger partial charge in [0.05, 0.1) is 30.2 Å². The van der Waals surface area contributed by atoms with Gasteiger partial charge in [-0.15, -0.1) is 0 Å². The van der Waals surface area contributed by atoms with Crippen molar-refractivity contribution in [3.05, 3.63) is 61.1 Å². The molecule has 0 aliphatic rings. The van der Waals surface area contributed by atoms with Crippen LogP contribution in [0, 0.1) is 11.8 Å². The number of hydrogen-bond donors (Lipinski definition) is 0. The molecule has 0 amide bonds. The Morgan fingerprint density at radius 2 is 1.84 bits per heavy atom. The molecule has 0 aliphatic heterocycles. The van der Waals surface area contributed by atoms with Gasteiger partial charge in [-0.3, -0.25) is 4.98 Å². The molecule has 0 unspecified atom stereocenters. The predicted octanol–water partition coefficient (Wildman–Crippen LogP) is 2.44. The molecule has 1 aromatic carbocycles. The second-order valence-electron chi connectivity index (χ2n) is 5.37. The van der Waals surface area contributed by atoms with Crippen molar-refractivity contribution in [3.8, 4) is 11.8 Å². The highest BCUT2D eigenvalue weighted by molar-refractivity contribution is 6.01. The molecule has 0 bridgehead atoms. The SMILES string of the molecule is C(#Cc1ncccn1)COCCn1cnc2cnc3ccccc3c21. The third-order valence-corrected chi connectivity index (χ3v) is 3.77. The minimum Gasteiger partial charge on any atom is -0.367 e. The fourth-order valence-electron chi connectivity index (χ4n) is 2.64. The summed E-state index contributed by atoms with van der Waals surface area (Å²) in [5.74, 6) is 6.29. The van der Waals surface area contributed by atoms with Gasteiger partial charge in [0.1, 0.15) is 12.1 Å². The maximum Gasteiger partial charge on any atom is 0.204 e. The summed E-state index contributed by atoms with van der Waals surface area (Å²) in [6, 6.07) is 9.83. The van der Waals surface area contributed by atoms with Crippen LogP contribution in [0.3, 0.4) is 0 Å². The minimum atomic E-state index is 0.340. The van der Waals surface area contributed by atoms with Crippen molar-refractivity contribution in [2.75, 3.05) is 13.2 Å². The van der Waals surface area contributed by atoms with Crippen LogP contribution in [0.5, 0.6) is 0 Å². The molecule has 0 saturated heterocycles. The van der Waals surface area contributed by atoms with Crippen LogP contribution in [0.15, 0.2) is 55.2 Å². The van der Waals surface area contributed by atoms with E-state index in [0.717, 1.165) is 21.9 Å². The summed E-state index contributed by atoms with van der Waals surface area (Å²) in [4.78, 5) is 16.9. The second kappa shape index (κ2) is 7.07. The first-order valence-electron chi connectivity index (χ1n) is 7.94. The number of hydrogen-bond acceptors (Lipinski definition) is 5. The summed E-state index contributed by atoms with van der Waals surface area (Å²) in [7, 11) is 0. The van der Waals surface area contributed by atoms with E-state index in [4.69, 9.17) is 4.74 Å². The van der Waals surface area contributed by atoms with E-state index in [1.807, 2.05) is 24.5 Å². The molecule has 0 aliphatic carbocycles. The molecule has 0 spiro atoms. The molecular formula is C19H15N5O. The molecule has 4 rings (SSSR count). The van der Waals surface area contributed by atoms with Gasteiger partial charge in [0.2, 0.25) is 5.82 Å². The molecule has 6 heteroatoms. The molecule has 3 heterocycles. The number of para-hydroxylation sites is 1. The highest BCUT2D eigenvalue weighted by atomic mass is 16.5. The Morgan fingerprint density at radius 1 is 0.960 bits per heavy atom. The Labute approximate surface area is 144 Å². The van der Waals surface area contributed by atoms with Gasteiger partial charge in [-0.1, -0.05) is 24.1 Å². The molecule has 0 radical (unpaired) electrons. The van der Waals surface area contributed by atoms with E-state index in [1.54, 1.807) is 24.7 Å². The average molecular weight is 329 g/mol. The van der Waals surface area contributed by atoms with Gasteiger partial charge >= 0.3 is 0 Å². The number of fused-ring (bicyclic) bond motifs is 3. The maximum absolute atomic E-state index is 5.60. The average Bonchev–Trinajstić information content (AvgIpc) is 3.09. The van der Waals surface area contributed by atoms with Crippen LogP contribution in [-0.4, -0.2) is 37.7 Å². The second-order valence-corrected chi connectivity index (χ2v) is 5.37. The van der Waals surface area contributed by atoms with Crippen LogP contribution in [0.25, 0.3) is 21.9 Å². The third-order valence-electron chi connectivity index (χ3n) is 3.77. The van der Waals surface area contributed by atoms with Crippen LogP contribution in [0.1, 0.15) is 5.82 Å². The number of aromatic nitrogens is 5. The molecule has 3 aromatic heterocycles. The standard InChI is InChI=1S/C19H15N5O/c1-2-6-16-15(5-1)19-17(13-22-16)23-14-24(19)10-12-25-11-3-7-18-20-8-4-9-21-18/h1-2,4-6,8-9,13-14H,10-12H2. The smallest absolute Gasteiger partial charge is 0.204 e. The van der Waals surface area contributed by atoms with E-state index in [2.05, 4.69) is 42.4 Å². The van der Waals surface area contributed by atoms with Crippen molar-refractivity contribution in [1.29, 1.82) is 0 Å². The normalized spacial score (nSPS) is 10.7. The van der Waals surface area contributed by atoms with Gasteiger partial charge in [-0.05, 0) is 18.1 Å². The summed E-state index contributed by atoms with van der Waals surface area (Å²) >= 11 is 0. The number of imidazole rings is 1. The van der Waals surface area contributed by atoms with Crippen LogP contribution in [0.4, 0.5) is 0 Å². The zero-order chi connectivity index (χ0) is 16.9. The summed E-state index contributed by atoms with van der Waals surface area (Å²) in [6.45, 7) is 1.59. The maximum atomic E-state index is 5.60. The van der Waals surface area contributed by atoms with E-state index in [9.17, 15) is 0 Å². The Balaban J connectivity index is 1.42. The monoisotopic (exact) mass is 329 g/mol. The van der Waals surface area contributed by atoms with Gasteiger partial charge < -0.3 is 9.30 Å². The van der Waals surface area contributed by atoms with E-state index in [1.165, 1.54) is 0 Å². The molecule has 0 fully saturated rings. The number of ether oxygens (including phenoxy) is 1. The topological polar surface area (TPSA) is 65.7 Å². The number of rotatable bonds is 4. The van der Waals surface area contributed by atoms with E-state index >= 15 is 0 Å². The van der Waals surface area contributed by atoms with Crippen molar-refractivity contribution >= 4 is 21.9 Å². The van der Waals surface area contributed by atoms with Crippen LogP contribution >= 0.6 is 0 Å². The zero-order valence-corrected chi connectivity index (χ0v) is 13.5. The van der Waals surface area contributed by atoms with Crippen molar-refractivity contribution < 1.29 is 4.74 Å². The third kappa shape index (κ3) is 3.32. The van der Waals surface area contributed by atoms with Crippen molar-refractivity contribution in [3.63, 3.8) is 0 Å². The largest absolute Gasteiger partial charge is 0.367 e. The lowest BCUT2D eigenvalue weighted by Gasteiger charge is -2.06. The van der Waals surface area contributed by atoms with E-state index in [-0.39, 0.29) is 0 Å². The summed E-state index contributed by atoms with van der Waals surface area (Å²) in [5, 5.41) is 1.10. The first-order valence-corrected chi connectivity index (χ1v) is 7.94. The van der Waals surface area contributed by atoms with E-state index in [0.29, 0.717) is 25.6 Å². The lowest BCUT2D eigenvalue weighted by molar-refractivity contribution is 0.158. The first-order chi connectivity index (χ1) is 12.4. The molecule has 4 aromatic rings. The molecule has 122 valence electrons. The van der Waals surface area contributed by atoms with Crippen molar-refractivity contribution in [2.24, 2.45) is 0 Å². The highest BCUT2D eigenvalue weighted by Gasteiger charge is 2.07. The molecule has 0 saturated carbocycles. The van der Waals surface area contributed by atoms with Crippen molar-refractivity contribution in [2.45, 2.75) is 6.54 Å². The predicted molar refractivity (Wildman–Crippen MR) is 94.8 cm³/mol. The zero-order valence-electron chi connectivity index (χ0n) is 13.5. The summed E-state index contributed by atoms with van der Waals surface area (Å²) < 4.78 is 7.69. The molecule has 6 nitrogen and oxygen atoms in total. The molecule has 0 N–H and O–H groups in total. The summed E-state index contributed by atoms with van der Waals surface area (Å²) in [6.07, 6.45) is 6.97. The van der Waals surface area contributed by atoms with Gasteiger partial charge in [0, 0.05) is 24.3 Å².